The van der Waals surface area contributed by atoms with Crippen molar-refractivity contribution in [2.75, 3.05) is 22.9 Å². The number of hydrogen-bond acceptors (Lipinski definition) is 4. The van der Waals surface area contributed by atoms with Crippen LogP contribution >= 0.6 is 34.4 Å². The van der Waals surface area contributed by atoms with Crippen LogP contribution < -0.4 is 10.6 Å². The van der Waals surface area contributed by atoms with Crippen molar-refractivity contribution in [1.82, 2.24) is 0 Å². The van der Waals surface area contributed by atoms with Gasteiger partial charge in [0.2, 0.25) is 0 Å². The van der Waals surface area contributed by atoms with Crippen molar-refractivity contribution in [1.29, 1.82) is 0 Å². The fourth-order valence-corrected chi connectivity index (χ4v) is 3.74. The standard InChI is InChI=1S/C15H13IN2O2S/c16-9-1-3-13(19)11(7-9)15(20)18-5-6-21-14-4-2-10(17)8-12(14)18/h1-4,7-8,19H,5-6,17H2. The molecule has 0 spiro atoms. The molecule has 21 heavy (non-hydrogen) atoms. The van der Waals surface area contributed by atoms with Crippen LogP contribution in [0, 0.1) is 3.57 Å². The highest BCUT2D eigenvalue weighted by Crippen LogP contribution is 2.37. The van der Waals surface area contributed by atoms with Gasteiger partial charge in [-0.2, -0.15) is 0 Å². The van der Waals surface area contributed by atoms with E-state index in [4.69, 9.17) is 5.73 Å². The lowest BCUT2D eigenvalue weighted by Gasteiger charge is -2.29. The molecule has 0 fully saturated rings. The highest BCUT2D eigenvalue weighted by atomic mass is 127. The molecule has 0 bridgehead atoms. The van der Waals surface area contributed by atoms with Gasteiger partial charge in [-0.15, -0.1) is 11.8 Å². The SMILES string of the molecule is Nc1ccc2c(c1)N(C(=O)c1cc(I)ccc1O)CCS2. The van der Waals surface area contributed by atoms with Crippen molar-refractivity contribution < 1.29 is 9.90 Å². The van der Waals surface area contributed by atoms with Gasteiger partial charge in [0.15, 0.2) is 0 Å². The molecule has 0 aromatic heterocycles. The second kappa shape index (κ2) is 5.76. The predicted octanol–water partition coefficient (Wildman–Crippen LogP) is 3.33. The summed E-state index contributed by atoms with van der Waals surface area (Å²) in [6.45, 7) is 0.602. The Morgan fingerprint density at radius 3 is 2.90 bits per heavy atom. The van der Waals surface area contributed by atoms with E-state index in [2.05, 4.69) is 22.6 Å². The Morgan fingerprint density at radius 1 is 1.29 bits per heavy atom. The number of phenolic OH excluding ortho intramolecular Hbond substituents is 1. The van der Waals surface area contributed by atoms with Gasteiger partial charge in [0.05, 0.1) is 11.3 Å². The highest BCUT2D eigenvalue weighted by Gasteiger charge is 2.26. The zero-order valence-corrected chi connectivity index (χ0v) is 14.0. The van der Waals surface area contributed by atoms with Crippen molar-refractivity contribution in [3.8, 4) is 5.75 Å². The lowest BCUT2D eigenvalue weighted by molar-refractivity contribution is 0.0985. The summed E-state index contributed by atoms with van der Waals surface area (Å²) in [6.07, 6.45) is 0. The molecule has 1 aliphatic rings. The van der Waals surface area contributed by atoms with Gasteiger partial charge in [-0.05, 0) is 59.0 Å². The van der Waals surface area contributed by atoms with Crippen LogP contribution in [0.25, 0.3) is 0 Å². The summed E-state index contributed by atoms with van der Waals surface area (Å²) < 4.78 is 0.910. The molecular weight excluding hydrogens is 399 g/mol. The molecule has 6 heteroatoms. The van der Waals surface area contributed by atoms with E-state index in [1.165, 1.54) is 0 Å². The van der Waals surface area contributed by atoms with Crippen molar-refractivity contribution in [3.05, 3.63) is 45.5 Å². The number of nitrogens with zero attached hydrogens (tertiary/aromatic N) is 1. The molecule has 2 aromatic rings. The van der Waals surface area contributed by atoms with Gasteiger partial charge in [-0.3, -0.25) is 4.79 Å². The maximum absolute atomic E-state index is 12.8. The molecule has 4 nitrogen and oxygen atoms in total. The van der Waals surface area contributed by atoms with Crippen molar-refractivity contribution >= 4 is 51.6 Å². The summed E-state index contributed by atoms with van der Waals surface area (Å²) in [7, 11) is 0. The minimum absolute atomic E-state index is 0.00379. The average Bonchev–Trinajstić information content (AvgIpc) is 2.48. The average molecular weight is 412 g/mol. The molecule has 0 saturated heterocycles. The molecule has 1 amide bonds. The molecule has 0 saturated carbocycles. The van der Waals surface area contributed by atoms with Gasteiger partial charge in [0.25, 0.3) is 5.91 Å². The van der Waals surface area contributed by atoms with Crippen LogP contribution in [0.5, 0.6) is 5.75 Å². The van der Waals surface area contributed by atoms with Gasteiger partial charge < -0.3 is 15.7 Å². The van der Waals surface area contributed by atoms with Crippen LogP contribution in [0.2, 0.25) is 0 Å². The fraction of sp³-hybridized carbons (Fsp3) is 0.133. The number of carbonyl (C=O) groups is 1. The van der Waals surface area contributed by atoms with Crippen LogP contribution in [0.15, 0.2) is 41.3 Å². The van der Waals surface area contributed by atoms with Crippen molar-refractivity contribution in [2.24, 2.45) is 0 Å². The Morgan fingerprint density at radius 2 is 2.10 bits per heavy atom. The summed E-state index contributed by atoms with van der Waals surface area (Å²) >= 11 is 3.83. The van der Waals surface area contributed by atoms with E-state index >= 15 is 0 Å². The Kier molecular flexibility index (Phi) is 3.99. The number of carbonyl (C=O) groups excluding carboxylic acids is 1. The van der Waals surface area contributed by atoms with Gasteiger partial charge in [0, 0.05) is 26.5 Å². The minimum atomic E-state index is -0.196. The van der Waals surface area contributed by atoms with E-state index in [9.17, 15) is 9.90 Å². The third-order valence-corrected chi connectivity index (χ3v) is 4.99. The lowest BCUT2D eigenvalue weighted by Crippen LogP contribution is -2.35. The fourth-order valence-electron chi connectivity index (χ4n) is 2.27. The van der Waals surface area contributed by atoms with Crippen LogP contribution in [0.1, 0.15) is 10.4 Å². The van der Waals surface area contributed by atoms with E-state index in [0.29, 0.717) is 17.8 Å². The van der Waals surface area contributed by atoms with Gasteiger partial charge in [0.1, 0.15) is 5.75 Å². The maximum atomic E-state index is 12.8. The first kappa shape index (κ1) is 14.5. The van der Waals surface area contributed by atoms with E-state index < -0.39 is 0 Å². The monoisotopic (exact) mass is 412 g/mol. The van der Waals surface area contributed by atoms with E-state index in [1.54, 1.807) is 34.9 Å². The normalized spacial score (nSPS) is 13.9. The molecule has 0 aliphatic carbocycles. The molecule has 3 N–H and O–H groups in total. The van der Waals surface area contributed by atoms with Gasteiger partial charge in [-0.25, -0.2) is 0 Å². The van der Waals surface area contributed by atoms with Crippen molar-refractivity contribution in [2.45, 2.75) is 4.90 Å². The summed E-state index contributed by atoms with van der Waals surface area (Å²) in [5, 5.41) is 9.96. The number of benzene rings is 2. The predicted molar refractivity (Wildman–Crippen MR) is 94.1 cm³/mol. The molecule has 3 rings (SSSR count). The molecule has 0 radical (unpaired) electrons. The zero-order valence-electron chi connectivity index (χ0n) is 11.0. The Hall–Kier alpha value is -1.41. The van der Waals surface area contributed by atoms with E-state index in [1.807, 2.05) is 18.2 Å². The number of thioether (sulfide) groups is 1. The number of aromatic hydroxyl groups is 1. The third kappa shape index (κ3) is 2.82. The maximum Gasteiger partial charge on any atom is 0.262 e. The Bertz CT molecular complexity index is 721. The number of anilines is 2. The van der Waals surface area contributed by atoms with Crippen molar-refractivity contribution in [3.63, 3.8) is 0 Å². The number of rotatable bonds is 1. The van der Waals surface area contributed by atoms with Crippen LogP contribution in [0.3, 0.4) is 0 Å². The topological polar surface area (TPSA) is 66.6 Å². The second-order valence-electron chi connectivity index (χ2n) is 4.69. The summed E-state index contributed by atoms with van der Waals surface area (Å²) in [4.78, 5) is 15.5. The van der Waals surface area contributed by atoms with Gasteiger partial charge in [-0.1, -0.05) is 0 Å². The molecule has 1 heterocycles. The van der Waals surface area contributed by atoms with Crippen LogP contribution in [0.4, 0.5) is 11.4 Å². The third-order valence-electron chi connectivity index (χ3n) is 3.28. The zero-order chi connectivity index (χ0) is 15.0. The molecule has 2 aromatic carbocycles. The molecule has 108 valence electrons. The number of nitrogens with two attached hydrogens (primary N) is 1. The number of nitrogen functional groups attached to an aromatic ring is 1. The number of hydrogen-bond donors (Lipinski definition) is 2. The summed E-state index contributed by atoms with van der Waals surface area (Å²) in [5.74, 6) is 0.634. The number of phenols is 1. The molecule has 0 unspecified atom stereocenters. The lowest BCUT2D eigenvalue weighted by atomic mass is 10.1. The van der Waals surface area contributed by atoms with E-state index in [0.717, 1.165) is 19.9 Å². The van der Waals surface area contributed by atoms with E-state index in [-0.39, 0.29) is 11.7 Å². The first-order valence-corrected chi connectivity index (χ1v) is 8.45. The summed E-state index contributed by atoms with van der Waals surface area (Å²) in [5.41, 5.74) is 7.60. The second-order valence-corrected chi connectivity index (χ2v) is 7.08. The quantitative estimate of drug-likeness (QED) is 0.557. The summed E-state index contributed by atoms with van der Waals surface area (Å²) in [6, 6.07) is 10.6. The number of fused-ring (bicyclic) bond motifs is 1. The highest BCUT2D eigenvalue weighted by molar-refractivity contribution is 14.1. The first-order valence-electron chi connectivity index (χ1n) is 6.39. The van der Waals surface area contributed by atoms with Gasteiger partial charge >= 0.3 is 0 Å². The van der Waals surface area contributed by atoms with Crippen LogP contribution in [-0.2, 0) is 0 Å². The Balaban J connectivity index is 2.04. The minimum Gasteiger partial charge on any atom is -0.507 e. The first-order chi connectivity index (χ1) is 10.1. The molecular formula is C15H13IN2O2S. The largest absolute Gasteiger partial charge is 0.507 e. The molecule has 1 aliphatic heterocycles. The Labute approximate surface area is 140 Å². The number of amides is 1. The van der Waals surface area contributed by atoms with Crippen LogP contribution in [-0.4, -0.2) is 23.3 Å². The number of halogens is 1. The smallest absolute Gasteiger partial charge is 0.262 e. The molecule has 0 atom stereocenters.